The number of benzene rings is 3. The molecule has 0 saturated carbocycles. The van der Waals surface area contributed by atoms with Gasteiger partial charge in [-0.3, -0.25) is 14.9 Å². The van der Waals surface area contributed by atoms with Crippen molar-refractivity contribution in [2.75, 3.05) is 10.6 Å². The van der Waals surface area contributed by atoms with Gasteiger partial charge in [0.2, 0.25) is 5.91 Å². The summed E-state index contributed by atoms with van der Waals surface area (Å²) in [4.78, 5) is 28.3. The fourth-order valence-corrected chi connectivity index (χ4v) is 3.70. The van der Waals surface area contributed by atoms with Crippen LogP contribution in [0.4, 0.5) is 10.8 Å². The summed E-state index contributed by atoms with van der Waals surface area (Å²) in [6.45, 7) is 1.43. The summed E-state index contributed by atoms with van der Waals surface area (Å²) in [5.41, 5.74) is 1.93. The van der Waals surface area contributed by atoms with Crippen LogP contribution in [0.25, 0.3) is 21.0 Å². The van der Waals surface area contributed by atoms with Crippen LogP contribution in [-0.4, -0.2) is 16.8 Å². The fourth-order valence-electron chi connectivity index (χ4n) is 2.83. The third-order valence-electron chi connectivity index (χ3n) is 3.95. The fraction of sp³-hybridized carbons (Fsp3) is 0.0500. The van der Waals surface area contributed by atoms with E-state index in [0.717, 1.165) is 21.0 Å². The average Bonchev–Trinajstić information content (AvgIpc) is 3.04. The van der Waals surface area contributed by atoms with Crippen LogP contribution >= 0.6 is 11.3 Å². The van der Waals surface area contributed by atoms with Gasteiger partial charge in [-0.05, 0) is 29.7 Å². The van der Waals surface area contributed by atoms with Crippen LogP contribution in [-0.2, 0) is 4.79 Å². The van der Waals surface area contributed by atoms with Gasteiger partial charge < -0.3 is 5.32 Å². The number of hydrogen-bond acceptors (Lipinski definition) is 4. The van der Waals surface area contributed by atoms with Gasteiger partial charge in [0.05, 0.1) is 10.2 Å². The quantitative estimate of drug-likeness (QED) is 0.557. The first-order valence-corrected chi connectivity index (χ1v) is 8.89. The van der Waals surface area contributed by atoms with E-state index in [4.69, 9.17) is 0 Å². The zero-order valence-electron chi connectivity index (χ0n) is 13.9. The molecule has 26 heavy (non-hydrogen) atoms. The summed E-state index contributed by atoms with van der Waals surface area (Å²) >= 11 is 1.44. The maximum Gasteiger partial charge on any atom is 0.257 e. The molecule has 0 spiro atoms. The molecular formula is C20H15N3O2S. The molecule has 4 rings (SSSR count). The Kier molecular flexibility index (Phi) is 4.10. The summed E-state index contributed by atoms with van der Waals surface area (Å²) in [6, 6.07) is 18.9. The second-order valence-corrected chi connectivity index (χ2v) is 6.90. The van der Waals surface area contributed by atoms with E-state index in [0.29, 0.717) is 16.4 Å². The van der Waals surface area contributed by atoms with E-state index in [1.54, 1.807) is 24.3 Å². The van der Waals surface area contributed by atoms with Gasteiger partial charge in [0, 0.05) is 23.6 Å². The summed E-state index contributed by atoms with van der Waals surface area (Å²) < 4.78 is 1.02. The maximum atomic E-state index is 12.5. The van der Waals surface area contributed by atoms with E-state index < -0.39 is 0 Å². The summed E-state index contributed by atoms with van der Waals surface area (Å²) in [6.07, 6.45) is 0. The molecule has 4 aromatic rings. The highest BCUT2D eigenvalue weighted by Gasteiger charge is 2.12. The van der Waals surface area contributed by atoms with Crippen molar-refractivity contribution in [3.8, 4) is 0 Å². The molecule has 5 nitrogen and oxygen atoms in total. The Morgan fingerprint density at radius 2 is 1.81 bits per heavy atom. The summed E-state index contributed by atoms with van der Waals surface area (Å²) in [5.74, 6) is -0.443. The first kappa shape index (κ1) is 16.2. The molecule has 0 aliphatic carbocycles. The molecule has 0 fully saturated rings. The molecule has 128 valence electrons. The third kappa shape index (κ3) is 3.14. The minimum Gasteiger partial charge on any atom is -0.326 e. The molecule has 0 aliphatic rings. The van der Waals surface area contributed by atoms with Gasteiger partial charge in [-0.15, -0.1) is 0 Å². The molecule has 2 N–H and O–H groups in total. The van der Waals surface area contributed by atoms with Crippen molar-refractivity contribution in [1.82, 2.24) is 4.98 Å². The highest BCUT2D eigenvalue weighted by Crippen LogP contribution is 2.31. The number of carbonyl (C=O) groups excluding carboxylic acids is 2. The molecule has 6 heteroatoms. The molecular weight excluding hydrogens is 346 g/mol. The van der Waals surface area contributed by atoms with E-state index in [1.807, 2.05) is 30.3 Å². The van der Waals surface area contributed by atoms with Crippen LogP contribution < -0.4 is 10.6 Å². The second kappa shape index (κ2) is 6.57. The van der Waals surface area contributed by atoms with Crippen molar-refractivity contribution in [2.24, 2.45) is 0 Å². The smallest absolute Gasteiger partial charge is 0.257 e. The number of nitrogens with zero attached hydrogens (tertiary/aromatic N) is 1. The maximum absolute atomic E-state index is 12.5. The number of hydrogen-bond donors (Lipinski definition) is 2. The van der Waals surface area contributed by atoms with Gasteiger partial charge in [0.15, 0.2) is 5.13 Å². The van der Waals surface area contributed by atoms with E-state index in [1.165, 1.54) is 18.3 Å². The van der Waals surface area contributed by atoms with Crippen LogP contribution in [0.3, 0.4) is 0 Å². The lowest BCUT2D eigenvalue weighted by molar-refractivity contribution is -0.114. The number of thiazole rings is 1. The lowest BCUT2D eigenvalue weighted by Gasteiger charge is -2.05. The highest BCUT2D eigenvalue weighted by molar-refractivity contribution is 7.22. The lowest BCUT2D eigenvalue weighted by Crippen LogP contribution is -2.12. The van der Waals surface area contributed by atoms with Gasteiger partial charge >= 0.3 is 0 Å². The third-order valence-corrected chi connectivity index (χ3v) is 4.89. The van der Waals surface area contributed by atoms with Crippen molar-refractivity contribution in [3.05, 3.63) is 66.2 Å². The Morgan fingerprint density at radius 1 is 0.962 bits per heavy atom. The Balaban J connectivity index is 1.64. The topological polar surface area (TPSA) is 71.1 Å². The molecule has 3 aromatic carbocycles. The Labute approximate surface area is 153 Å². The van der Waals surface area contributed by atoms with Crippen LogP contribution in [0.2, 0.25) is 0 Å². The predicted molar refractivity (Wildman–Crippen MR) is 106 cm³/mol. The monoisotopic (exact) mass is 361 g/mol. The molecule has 1 aromatic heterocycles. The first-order valence-electron chi connectivity index (χ1n) is 8.07. The minimum atomic E-state index is -0.263. The second-order valence-electron chi connectivity index (χ2n) is 5.87. The lowest BCUT2D eigenvalue weighted by atomic mass is 10.1. The zero-order valence-corrected chi connectivity index (χ0v) is 14.8. The molecule has 0 unspecified atom stereocenters. The van der Waals surface area contributed by atoms with E-state index in [9.17, 15) is 9.59 Å². The predicted octanol–water partition coefficient (Wildman–Crippen LogP) is 4.66. The average molecular weight is 361 g/mol. The van der Waals surface area contributed by atoms with Gasteiger partial charge in [0.1, 0.15) is 0 Å². The van der Waals surface area contributed by atoms with Crippen LogP contribution in [0, 0.1) is 0 Å². The van der Waals surface area contributed by atoms with Crippen LogP contribution in [0.5, 0.6) is 0 Å². The number of nitrogens with one attached hydrogen (secondary N) is 2. The van der Waals surface area contributed by atoms with Gasteiger partial charge in [-0.2, -0.15) is 0 Å². The number of carbonyl (C=O) groups is 2. The number of rotatable bonds is 3. The van der Waals surface area contributed by atoms with Gasteiger partial charge in [-0.25, -0.2) is 4.98 Å². The molecule has 0 radical (unpaired) electrons. The van der Waals surface area contributed by atoms with Crippen LogP contribution in [0.1, 0.15) is 17.3 Å². The Hall–Kier alpha value is -3.25. The van der Waals surface area contributed by atoms with Gasteiger partial charge in [-0.1, -0.05) is 47.7 Å². The van der Waals surface area contributed by atoms with Gasteiger partial charge in [0.25, 0.3) is 5.91 Å². The van der Waals surface area contributed by atoms with E-state index in [2.05, 4.69) is 21.7 Å². The molecule has 0 bridgehead atoms. The number of aromatic nitrogens is 1. The van der Waals surface area contributed by atoms with E-state index >= 15 is 0 Å². The van der Waals surface area contributed by atoms with Crippen molar-refractivity contribution in [2.45, 2.75) is 6.92 Å². The minimum absolute atomic E-state index is 0.180. The largest absolute Gasteiger partial charge is 0.326 e. The number of fused-ring (bicyclic) bond motifs is 3. The normalized spacial score (nSPS) is 10.8. The molecule has 2 amide bonds. The molecule has 1 heterocycles. The zero-order chi connectivity index (χ0) is 18.1. The molecule has 0 aliphatic heterocycles. The van der Waals surface area contributed by atoms with Crippen molar-refractivity contribution >= 4 is 55.0 Å². The molecule has 0 saturated heterocycles. The standard InChI is InChI=1S/C20H15N3O2S/c1-12(24)21-15-7-4-6-14(11-15)19(25)23-20-22-18-16-8-3-2-5-13(16)9-10-17(18)26-20/h2-11H,1H3,(H,21,24)(H,22,23,25). The Bertz CT molecular complexity index is 1150. The number of amides is 2. The van der Waals surface area contributed by atoms with Crippen molar-refractivity contribution < 1.29 is 9.59 Å². The van der Waals surface area contributed by atoms with E-state index in [-0.39, 0.29) is 11.8 Å². The van der Waals surface area contributed by atoms with Crippen molar-refractivity contribution in [1.29, 1.82) is 0 Å². The first-order chi connectivity index (χ1) is 12.6. The van der Waals surface area contributed by atoms with Crippen molar-refractivity contribution in [3.63, 3.8) is 0 Å². The summed E-state index contributed by atoms with van der Waals surface area (Å²) in [7, 11) is 0. The van der Waals surface area contributed by atoms with Crippen LogP contribution in [0.15, 0.2) is 60.7 Å². The molecule has 0 atom stereocenters. The highest BCUT2D eigenvalue weighted by atomic mass is 32.1. The summed E-state index contributed by atoms with van der Waals surface area (Å²) in [5, 5.41) is 8.25. The Morgan fingerprint density at radius 3 is 2.65 bits per heavy atom. The SMILES string of the molecule is CC(=O)Nc1cccc(C(=O)Nc2nc3c(ccc4ccccc43)s2)c1. The number of anilines is 2.